The molecule has 1 aliphatic rings. The Labute approximate surface area is 110 Å². The molecule has 1 fully saturated rings. The molecule has 2 heterocycles. The highest BCUT2D eigenvalue weighted by Gasteiger charge is 2.17. The molecule has 0 atom stereocenters. The molecule has 5 heteroatoms. The molecule has 1 aromatic heterocycles. The minimum absolute atomic E-state index is 0. The highest BCUT2D eigenvalue weighted by molar-refractivity contribution is 5.85. The molecule has 1 aromatic rings. The summed E-state index contributed by atoms with van der Waals surface area (Å²) in [6, 6.07) is 0.728. The summed E-state index contributed by atoms with van der Waals surface area (Å²) in [5, 5.41) is 7.71. The molecule has 4 nitrogen and oxygen atoms in total. The first kappa shape index (κ1) is 14.5. The zero-order valence-electron chi connectivity index (χ0n) is 10.7. The minimum atomic E-state index is 0. The number of rotatable bonds is 4. The molecule has 0 saturated carbocycles. The van der Waals surface area contributed by atoms with Crippen LogP contribution in [0.5, 0.6) is 0 Å². The van der Waals surface area contributed by atoms with Gasteiger partial charge in [-0.1, -0.05) is 0 Å². The van der Waals surface area contributed by atoms with Crippen LogP contribution in [0.1, 0.15) is 25.3 Å². The predicted molar refractivity (Wildman–Crippen MR) is 72.5 cm³/mol. The third kappa shape index (κ3) is 3.98. The van der Waals surface area contributed by atoms with Gasteiger partial charge in [0, 0.05) is 30.9 Å². The second-order valence-electron chi connectivity index (χ2n) is 4.60. The van der Waals surface area contributed by atoms with Crippen molar-refractivity contribution in [3.63, 3.8) is 0 Å². The number of nitrogens with zero attached hydrogens (tertiary/aromatic N) is 3. The highest BCUT2D eigenvalue weighted by atomic mass is 35.5. The van der Waals surface area contributed by atoms with Gasteiger partial charge in [-0.25, -0.2) is 0 Å². The van der Waals surface area contributed by atoms with Crippen LogP contribution in [-0.2, 0) is 13.1 Å². The Bertz CT molecular complexity index is 320. The Kier molecular flexibility index (Phi) is 5.95. The maximum Gasteiger partial charge on any atom is 0.0534 e. The Hall–Kier alpha value is -0.580. The lowest BCUT2D eigenvalue weighted by atomic mass is 10.1. The Morgan fingerprint density at radius 1 is 1.47 bits per heavy atom. The van der Waals surface area contributed by atoms with Crippen LogP contribution in [0.25, 0.3) is 0 Å². The fourth-order valence-corrected chi connectivity index (χ4v) is 2.33. The maximum atomic E-state index is 4.31. The number of hydrogen-bond donors (Lipinski definition) is 1. The van der Waals surface area contributed by atoms with E-state index in [4.69, 9.17) is 0 Å². The van der Waals surface area contributed by atoms with E-state index in [0.29, 0.717) is 0 Å². The van der Waals surface area contributed by atoms with E-state index in [1.165, 1.54) is 18.4 Å². The van der Waals surface area contributed by atoms with Gasteiger partial charge in [0.25, 0.3) is 0 Å². The van der Waals surface area contributed by atoms with E-state index in [2.05, 4.69) is 35.5 Å². The van der Waals surface area contributed by atoms with Crippen LogP contribution in [0.2, 0.25) is 0 Å². The summed E-state index contributed by atoms with van der Waals surface area (Å²) >= 11 is 0. The first-order valence-corrected chi connectivity index (χ1v) is 6.22. The molecule has 98 valence electrons. The van der Waals surface area contributed by atoms with E-state index in [1.54, 1.807) is 0 Å². The van der Waals surface area contributed by atoms with E-state index in [1.807, 2.05) is 10.9 Å². The number of nitrogens with one attached hydrogen (secondary N) is 1. The first-order chi connectivity index (χ1) is 7.79. The molecule has 1 aliphatic heterocycles. The molecule has 0 radical (unpaired) electrons. The van der Waals surface area contributed by atoms with Crippen molar-refractivity contribution in [1.82, 2.24) is 20.0 Å². The summed E-state index contributed by atoms with van der Waals surface area (Å²) in [6.07, 6.45) is 6.66. The van der Waals surface area contributed by atoms with Crippen molar-refractivity contribution >= 4 is 12.4 Å². The maximum absolute atomic E-state index is 4.31. The summed E-state index contributed by atoms with van der Waals surface area (Å²) in [5.41, 5.74) is 1.32. The molecule has 0 aliphatic carbocycles. The van der Waals surface area contributed by atoms with Crippen molar-refractivity contribution in [2.45, 2.75) is 38.9 Å². The van der Waals surface area contributed by atoms with E-state index in [9.17, 15) is 0 Å². The number of halogens is 1. The van der Waals surface area contributed by atoms with Crippen molar-refractivity contribution < 1.29 is 0 Å². The Morgan fingerprint density at radius 3 is 2.76 bits per heavy atom. The van der Waals surface area contributed by atoms with Gasteiger partial charge in [-0.3, -0.25) is 9.58 Å². The normalized spacial score (nSPS) is 17.1. The summed E-state index contributed by atoms with van der Waals surface area (Å²) in [6.45, 7) is 6.40. The molecular formula is C12H23ClN4. The van der Waals surface area contributed by atoms with Gasteiger partial charge in [-0.05, 0) is 39.9 Å². The monoisotopic (exact) mass is 258 g/mol. The minimum Gasteiger partial charge on any atom is -0.317 e. The number of aryl methyl sites for hydroxylation is 1. The highest BCUT2D eigenvalue weighted by Crippen LogP contribution is 2.13. The second-order valence-corrected chi connectivity index (χ2v) is 4.60. The third-order valence-electron chi connectivity index (χ3n) is 3.37. The fraction of sp³-hybridized carbons (Fsp3) is 0.750. The summed E-state index contributed by atoms with van der Waals surface area (Å²) in [4.78, 5) is 2.46. The van der Waals surface area contributed by atoms with Crippen molar-refractivity contribution in [2.24, 2.45) is 0 Å². The molecule has 0 spiro atoms. The van der Waals surface area contributed by atoms with Crippen LogP contribution in [0.3, 0.4) is 0 Å². The predicted octanol–water partition coefficient (Wildman–Crippen LogP) is 1.51. The zero-order chi connectivity index (χ0) is 11.4. The van der Waals surface area contributed by atoms with Gasteiger partial charge in [-0.15, -0.1) is 12.4 Å². The van der Waals surface area contributed by atoms with Gasteiger partial charge < -0.3 is 5.32 Å². The van der Waals surface area contributed by atoms with Gasteiger partial charge in [0.1, 0.15) is 0 Å². The van der Waals surface area contributed by atoms with Gasteiger partial charge >= 0.3 is 0 Å². The topological polar surface area (TPSA) is 33.1 Å². The van der Waals surface area contributed by atoms with Crippen LogP contribution < -0.4 is 5.32 Å². The van der Waals surface area contributed by atoms with E-state index in [-0.39, 0.29) is 12.4 Å². The molecule has 2 rings (SSSR count). The molecule has 17 heavy (non-hydrogen) atoms. The smallest absolute Gasteiger partial charge is 0.0534 e. The molecule has 0 unspecified atom stereocenters. The lowest BCUT2D eigenvalue weighted by Crippen LogP contribution is -2.40. The number of aromatic nitrogens is 2. The number of hydrogen-bond acceptors (Lipinski definition) is 3. The lowest BCUT2D eigenvalue weighted by Gasteiger charge is -2.31. The van der Waals surface area contributed by atoms with E-state index in [0.717, 1.165) is 32.2 Å². The van der Waals surface area contributed by atoms with Crippen molar-refractivity contribution in [2.75, 3.05) is 20.1 Å². The molecule has 1 saturated heterocycles. The molecule has 0 amide bonds. The third-order valence-corrected chi connectivity index (χ3v) is 3.37. The zero-order valence-corrected chi connectivity index (χ0v) is 11.5. The Balaban J connectivity index is 0.00000144. The van der Waals surface area contributed by atoms with Crippen LogP contribution >= 0.6 is 12.4 Å². The van der Waals surface area contributed by atoms with Gasteiger partial charge in [0.05, 0.1) is 6.20 Å². The summed E-state index contributed by atoms with van der Waals surface area (Å²) in [7, 11) is 2.22. The van der Waals surface area contributed by atoms with Crippen LogP contribution in [-0.4, -0.2) is 40.9 Å². The van der Waals surface area contributed by atoms with Crippen molar-refractivity contribution in [3.05, 3.63) is 18.0 Å². The summed E-state index contributed by atoms with van der Waals surface area (Å²) in [5.74, 6) is 0. The average molecular weight is 259 g/mol. The standard InChI is InChI=1S/C12H22N4.ClH/c1-3-16-10-11(8-14-16)9-15(2)12-4-6-13-7-5-12;/h8,10,12-13H,3-7,9H2,1-2H3;1H. The molecule has 0 aromatic carbocycles. The van der Waals surface area contributed by atoms with E-state index >= 15 is 0 Å². The second kappa shape index (κ2) is 6.99. The van der Waals surface area contributed by atoms with Gasteiger partial charge in [0.15, 0.2) is 0 Å². The molecular weight excluding hydrogens is 236 g/mol. The lowest BCUT2D eigenvalue weighted by molar-refractivity contribution is 0.192. The fourth-order valence-electron chi connectivity index (χ4n) is 2.33. The average Bonchev–Trinajstić information content (AvgIpc) is 2.78. The Morgan fingerprint density at radius 2 is 2.18 bits per heavy atom. The molecule has 1 N–H and O–H groups in total. The first-order valence-electron chi connectivity index (χ1n) is 6.22. The van der Waals surface area contributed by atoms with Crippen molar-refractivity contribution in [1.29, 1.82) is 0 Å². The van der Waals surface area contributed by atoms with Crippen molar-refractivity contribution in [3.8, 4) is 0 Å². The molecule has 0 bridgehead atoms. The SMILES string of the molecule is CCn1cc(CN(C)C2CCNCC2)cn1.Cl. The largest absolute Gasteiger partial charge is 0.317 e. The van der Waals surface area contributed by atoms with Gasteiger partial charge in [-0.2, -0.15) is 5.10 Å². The van der Waals surface area contributed by atoms with Crippen LogP contribution in [0.15, 0.2) is 12.4 Å². The quantitative estimate of drug-likeness (QED) is 0.889. The van der Waals surface area contributed by atoms with Crippen LogP contribution in [0, 0.1) is 0 Å². The van der Waals surface area contributed by atoms with E-state index < -0.39 is 0 Å². The number of piperidine rings is 1. The summed E-state index contributed by atoms with van der Waals surface area (Å²) < 4.78 is 1.99. The van der Waals surface area contributed by atoms with Gasteiger partial charge in [0.2, 0.25) is 0 Å². The van der Waals surface area contributed by atoms with Crippen LogP contribution in [0.4, 0.5) is 0 Å².